The molecular weight excluding hydrogens is 386 g/mol. The average Bonchev–Trinajstić information content (AvgIpc) is 2.78. The van der Waals surface area contributed by atoms with Crippen LogP contribution in [0.15, 0.2) is 53.6 Å². The van der Waals surface area contributed by atoms with E-state index < -0.39 is 0 Å². The van der Waals surface area contributed by atoms with Gasteiger partial charge in [-0.05, 0) is 48.4 Å². The van der Waals surface area contributed by atoms with Gasteiger partial charge in [0.25, 0.3) is 5.91 Å². The van der Waals surface area contributed by atoms with E-state index in [0.29, 0.717) is 5.56 Å². The largest absolute Gasteiger partial charge is 0.494 e. The number of anilines is 1. The third kappa shape index (κ3) is 9.69. The number of hydrogen-bond donors (Lipinski definition) is 1. The summed E-state index contributed by atoms with van der Waals surface area (Å²) in [6, 6.07) is 15.1. The number of nitrogens with zero attached hydrogens (tertiary/aromatic N) is 2. The summed E-state index contributed by atoms with van der Waals surface area (Å²) in [6.07, 6.45) is 11.9. The lowest BCUT2D eigenvalue weighted by Crippen LogP contribution is -2.17. The minimum absolute atomic E-state index is 0.240. The van der Waals surface area contributed by atoms with Crippen LogP contribution < -0.4 is 15.1 Å². The zero-order valence-electron chi connectivity index (χ0n) is 19.3. The Morgan fingerprint density at radius 1 is 0.903 bits per heavy atom. The summed E-state index contributed by atoms with van der Waals surface area (Å²) in [6.45, 7) is 2.97. The Hall–Kier alpha value is -2.82. The van der Waals surface area contributed by atoms with Crippen LogP contribution in [0.1, 0.15) is 74.2 Å². The summed E-state index contributed by atoms with van der Waals surface area (Å²) >= 11 is 0. The minimum atomic E-state index is -0.240. The average molecular weight is 424 g/mol. The Morgan fingerprint density at radius 3 is 2.13 bits per heavy atom. The second-order valence-corrected chi connectivity index (χ2v) is 8.03. The number of carbonyl (C=O) groups excluding carboxylic acids is 1. The Labute approximate surface area is 187 Å². The smallest absolute Gasteiger partial charge is 0.271 e. The van der Waals surface area contributed by atoms with Crippen molar-refractivity contribution >= 4 is 17.8 Å². The molecule has 1 N–H and O–H groups in total. The van der Waals surface area contributed by atoms with E-state index in [1.165, 1.54) is 44.9 Å². The van der Waals surface area contributed by atoms with E-state index in [1.807, 2.05) is 55.4 Å². The number of hydrazone groups is 1. The van der Waals surface area contributed by atoms with Gasteiger partial charge in [0.15, 0.2) is 0 Å². The lowest BCUT2D eigenvalue weighted by molar-refractivity contribution is 0.0955. The Bertz CT molecular complexity index is 783. The highest BCUT2D eigenvalue weighted by Gasteiger charge is 2.04. The molecule has 0 atom stereocenters. The Kier molecular flexibility index (Phi) is 11.2. The molecule has 5 heteroatoms. The molecular formula is C26H37N3O2. The molecule has 0 radical (unpaired) electrons. The second kappa shape index (κ2) is 14.2. The molecule has 2 aromatic carbocycles. The number of hydrogen-bond acceptors (Lipinski definition) is 4. The number of benzene rings is 2. The van der Waals surface area contributed by atoms with Crippen molar-refractivity contribution in [3.8, 4) is 5.75 Å². The topological polar surface area (TPSA) is 53.9 Å². The van der Waals surface area contributed by atoms with Gasteiger partial charge in [-0.2, -0.15) is 5.10 Å². The second-order valence-electron chi connectivity index (χ2n) is 8.03. The molecule has 0 unspecified atom stereocenters. The van der Waals surface area contributed by atoms with E-state index >= 15 is 0 Å². The lowest BCUT2D eigenvalue weighted by atomic mass is 10.1. The number of nitrogens with one attached hydrogen (secondary N) is 1. The fraction of sp³-hybridized carbons (Fsp3) is 0.462. The van der Waals surface area contributed by atoms with Crippen LogP contribution in [-0.4, -0.2) is 32.8 Å². The van der Waals surface area contributed by atoms with Gasteiger partial charge in [-0.25, -0.2) is 5.43 Å². The number of rotatable bonds is 14. The van der Waals surface area contributed by atoms with E-state index in [0.717, 1.165) is 30.0 Å². The van der Waals surface area contributed by atoms with Crippen LogP contribution >= 0.6 is 0 Å². The van der Waals surface area contributed by atoms with E-state index in [9.17, 15) is 4.79 Å². The van der Waals surface area contributed by atoms with Crippen LogP contribution in [-0.2, 0) is 0 Å². The summed E-state index contributed by atoms with van der Waals surface area (Å²) < 4.78 is 5.79. The summed E-state index contributed by atoms with van der Waals surface area (Å²) in [7, 11) is 3.99. The Balaban J connectivity index is 1.65. The fourth-order valence-corrected chi connectivity index (χ4v) is 3.22. The van der Waals surface area contributed by atoms with Crippen molar-refractivity contribution < 1.29 is 9.53 Å². The molecule has 5 nitrogen and oxygen atoms in total. The van der Waals surface area contributed by atoms with Gasteiger partial charge in [-0.15, -0.1) is 0 Å². The molecule has 168 valence electrons. The molecule has 0 spiro atoms. The highest BCUT2D eigenvalue weighted by atomic mass is 16.5. The fourth-order valence-electron chi connectivity index (χ4n) is 3.22. The van der Waals surface area contributed by atoms with Crippen LogP contribution in [0.25, 0.3) is 0 Å². The maximum Gasteiger partial charge on any atom is 0.271 e. The van der Waals surface area contributed by atoms with E-state index in [-0.39, 0.29) is 5.91 Å². The van der Waals surface area contributed by atoms with E-state index in [4.69, 9.17) is 4.74 Å². The molecule has 0 saturated carbocycles. The number of unbranched alkanes of at least 4 members (excludes halogenated alkanes) is 7. The molecule has 0 aromatic heterocycles. The molecule has 2 rings (SSSR count). The standard InChI is InChI=1S/C26H37N3O2/c1-4-5-6-7-8-9-10-11-20-31-25-18-14-23(15-19-25)26(30)28-27-21-22-12-16-24(17-13-22)29(2)3/h12-19,21H,4-11,20H2,1-3H3,(H,28,30)/b27-21-. The van der Waals surface area contributed by atoms with E-state index in [1.54, 1.807) is 18.3 Å². The zero-order valence-corrected chi connectivity index (χ0v) is 19.3. The van der Waals surface area contributed by atoms with Crippen molar-refractivity contribution in [3.05, 3.63) is 59.7 Å². The first kappa shape index (κ1) is 24.4. The van der Waals surface area contributed by atoms with Gasteiger partial charge in [0, 0.05) is 25.3 Å². The number of carbonyl (C=O) groups is 1. The van der Waals surface area contributed by atoms with Gasteiger partial charge >= 0.3 is 0 Å². The monoisotopic (exact) mass is 423 g/mol. The molecule has 0 aliphatic carbocycles. The third-order valence-electron chi connectivity index (χ3n) is 5.17. The molecule has 2 aromatic rings. The van der Waals surface area contributed by atoms with Gasteiger partial charge in [0.05, 0.1) is 12.8 Å². The first-order valence-electron chi connectivity index (χ1n) is 11.4. The lowest BCUT2D eigenvalue weighted by Gasteiger charge is -2.11. The van der Waals surface area contributed by atoms with Crippen molar-refractivity contribution in [2.45, 2.75) is 58.3 Å². The predicted octanol–water partition coefficient (Wildman–Crippen LogP) is 6.04. The highest BCUT2D eigenvalue weighted by molar-refractivity contribution is 5.95. The summed E-state index contributed by atoms with van der Waals surface area (Å²) in [5, 5.41) is 4.05. The third-order valence-corrected chi connectivity index (χ3v) is 5.17. The molecule has 0 aliphatic heterocycles. The SMILES string of the molecule is CCCCCCCCCCOc1ccc(C(=O)N/N=C\c2ccc(N(C)C)cc2)cc1. The maximum atomic E-state index is 12.2. The van der Waals surface area contributed by atoms with Crippen LogP contribution in [0, 0.1) is 0 Å². The predicted molar refractivity (Wildman–Crippen MR) is 130 cm³/mol. The summed E-state index contributed by atoms with van der Waals surface area (Å²) in [4.78, 5) is 14.3. The summed E-state index contributed by atoms with van der Waals surface area (Å²) in [5.41, 5.74) is 5.17. The maximum absolute atomic E-state index is 12.2. The van der Waals surface area contributed by atoms with Gasteiger partial charge in [-0.3, -0.25) is 4.79 Å². The first-order chi connectivity index (χ1) is 15.1. The van der Waals surface area contributed by atoms with Crippen LogP contribution in [0.5, 0.6) is 5.75 Å². The number of amides is 1. The molecule has 0 aliphatic rings. The van der Waals surface area contributed by atoms with Crippen LogP contribution in [0.2, 0.25) is 0 Å². The normalized spacial score (nSPS) is 10.9. The van der Waals surface area contributed by atoms with Crippen molar-refractivity contribution in [2.24, 2.45) is 5.10 Å². The van der Waals surface area contributed by atoms with Gasteiger partial charge < -0.3 is 9.64 Å². The molecule has 0 heterocycles. The van der Waals surface area contributed by atoms with Crippen molar-refractivity contribution in [1.82, 2.24) is 5.43 Å². The quantitative estimate of drug-likeness (QED) is 0.229. The van der Waals surface area contributed by atoms with Gasteiger partial charge in [-0.1, -0.05) is 64.0 Å². The molecule has 31 heavy (non-hydrogen) atoms. The van der Waals surface area contributed by atoms with Crippen LogP contribution in [0.3, 0.4) is 0 Å². The molecule has 0 bridgehead atoms. The van der Waals surface area contributed by atoms with Crippen molar-refractivity contribution in [2.75, 3.05) is 25.6 Å². The van der Waals surface area contributed by atoms with E-state index in [2.05, 4.69) is 17.5 Å². The van der Waals surface area contributed by atoms with Crippen LogP contribution in [0.4, 0.5) is 5.69 Å². The molecule has 0 fully saturated rings. The molecule has 1 amide bonds. The Morgan fingerprint density at radius 2 is 1.52 bits per heavy atom. The molecule has 0 saturated heterocycles. The van der Waals surface area contributed by atoms with Gasteiger partial charge in [0.1, 0.15) is 5.75 Å². The minimum Gasteiger partial charge on any atom is -0.494 e. The van der Waals surface area contributed by atoms with Gasteiger partial charge in [0.2, 0.25) is 0 Å². The van der Waals surface area contributed by atoms with Crippen molar-refractivity contribution in [1.29, 1.82) is 0 Å². The zero-order chi connectivity index (χ0) is 22.3. The highest BCUT2D eigenvalue weighted by Crippen LogP contribution is 2.14. The number of ether oxygens (including phenoxy) is 1. The van der Waals surface area contributed by atoms with Crippen molar-refractivity contribution in [3.63, 3.8) is 0 Å². The first-order valence-corrected chi connectivity index (χ1v) is 11.4. The summed E-state index contributed by atoms with van der Waals surface area (Å²) in [5.74, 6) is 0.555.